The van der Waals surface area contributed by atoms with Gasteiger partial charge >= 0.3 is 0 Å². The van der Waals surface area contributed by atoms with Crippen LogP contribution in [0.5, 0.6) is 0 Å². The predicted octanol–water partition coefficient (Wildman–Crippen LogP) is 2.46. The smallest absolute Gasteiger partial charge is 0.275 e. The van der Waals surface area contributed by atoms with Crippen molar-refractivity contribution >= 4 is 23.2 Å². The molecule has 1 aromatic heterocycles. The first kappa shape index (κ1) is 11.6. The van der Waals surface area contributed by atoms with Crippen LogP contribution in [0.15, 0.2) is 30.5 Å². The molecule has 2 rings (SSSR count). The summed E-state index contributed by atoms with van der Waals surface area (Å²) < 4.78 is 14.7. The van der Waals surface area contributed by atoms with Crippen LogP contribution in [0.2, 0.25) is 5.02 Å². The number of nitrogens with zero attached hydrogens (tertiary/aromatic N) is 2. The quantitative estimate of drug-likeness (QED) is 0.894. The lowest BCUT2D eigenvalue weighted by molar-refractivity contribution is 0.101. The molecule has 0 radical (unpaired) electrons. The van der Waals surface area contributed by atoms with Gasteiger partial charge in [-0.3, -0.25) is 9.48 Å². The van der Waals surface area contributed by atoms with E-state index in [-0.39, 0.29) is 16.4 Å². The Hall–Kier alpha value is -1.88. The number of para-hydroxylation sites is 1. The molecular formula is C11H9ClFN3O. The average molecular weight is 254 g/mol. The first-order valence-electron chi connectivity index (χ1n) is 4.83. The molecule has 0 saturated heterocycles. The lowest BCUT2D eigenvalue weighted by Crippen LogP contribution is -2.17. The molecule has 0 fully saturated rings. The van der Waals surface area contributed by atoms with E-state index in [0.717, 1.165) is 0 Å². The number of carbonyl (C=O) groups is 1. The molecule has 0 unspecified atom stereocenters. The van der Waals surface area contributed by atoms with Gasteiger partial charge in [0.25, 0.3) is 5.91 Å². The summed E-state index contributed by atoms with van der Waals surface area (Å²) in [6, 6.07) is 5.91. The summed E-state index contributed by atoms with van der Waals surface area (Å²) in [7, 11) is 1.59. The van der Waals surface area contributed by atoms with E-state index in [4.69, 9.17) is 11.6 Å². The lowest BCUT2D eigenvalue weighted by Gasteiger charge is -2.06. The molecule has 0 aliphatic carbocycles. The van der Waals surface area contributed by atoms with Crippen LogP contribution < -0.4 is 5.32 Å². The lowest BCUT2D eigenvalue weighted by atomic mass is 10.3. The van der Waals surface area contributed by atoms with Crippen LogP contribution in [0.1, 0.15) is 10.5 Å². The van der Waals surface area contributed by atoms with Gasteiger partial charge < -0.3 is 5.32 Å². The van der Waals surface area contributed by atoms with Crippen molar-refractivity contribution in [2.24, 2.45) is 7.05 Å². The molecule has 4 nitrogen and oxygen atoms in total. The number of hydrogen-bond acceptors (Lipinski definition) is 2. The van der Waals surface area contributed by atoms with Crippen molar-refractivity contribution in [1.29, 1.82) is 0 Å². The Kier molecular flexibility index (Phi) is 3.10. The highest BCUT2D eigenvalue weighted by Gasteiger charge is 2.16. The third-order valence-electron chi connectivity index (χ3n) is 2.23. The number of rotatable bonds is 2. The van der Waals surface area contributed by atoms with E-state index in [1.165, 1.54) is 23.0 Å². The van der Waals surface area contributed by atoms with Gasteiger partial charge in [-0.15, -0.1) is 0 Å². The summed E-state index contributed by atoms with van der Waals surface area (Å²) in [5, 5.41) is 6.49. The van der Waals surface area contributed by atoms with Gasteiger partial charge in [-0.05, 0) is 12.1 Å². The molecule has 0 aliphatic rings. The second kappa shape index (κ2) is 4.55. The molecule has 17 heavy (non-hydrogen) atoms. The van der Waals surface area contributed by atoms with E-state index in [9.17, 15) is 9.18 Å². The van der Waals surface area contributed by atoms with E-state index in [1.54, 1.807) is 19.2 Å². The zero-order valence-corrected chi connectivity index (χ0v) is 9.70. The number of nitrogens with one attached hydrogen (secondary N) is 1. The Morgan fingerprint density at radius 1 is 1.47 bits per heavy atom. The third-order valence-corrected chi connectivity index (χ3v) is 2.51. The van der Waals surface area contributed by atoms with Crippen LogP contribution >= 0.6 is 11.6 Å². The molecule has 6 heteroatoms. The maximum absolute atomic E-state index is 13.3. The van der Waals surface area contributed by atoms with E-state index in [0.29, 0.717) is 0 Å². The molecule has 1 amide bonds. The minimum absolute atomic E-state index is 0.106. The Morgan fingerprint density at radius 2 is 2.18 bits per heavy atom. The fraction of sp³-hybridized carbons (Fsp3) is 0.0909. The largest absolute Gasteiger partial charge is 0.318 e. The number of halogens is 2. The van der Waals surface area contributed by atoms with Gasteiger partial charge in [-0.25, -0.2) is 4.39 Å². The Balaban J connectivity index is 2.27. The van der Waals surface area contributed by atoms with Gasteiger partial charge in [0.15, 0.2) is 0 Å². The fourth-order valence-electron chi connectivity index (χ4n) is 1.41. The first-order valence-corrected chi connectivity index (χ1v) is 5.21. The van der Waals surface area contributed by atoms with E-state index in [1.807, 2.05) is 0 Å². The topological polar surface area (TPSA) is 46.9 Å². The minimum Gasteiger partial charge on any atom is -0.318 e. The van der Waals surface area contributed by atoms with Gasteiger partial charge in [0.05, 0.1) is 16.9 Å². The number of benzene rings is 1. The number of amides is 1. The summed E-state index contributed by atoms with van der Waals surface area (Å²) in [6.45, 7) is 0. The molecule has 0 saturated carbocycles. The van der Waals surface area contributed by atoms with Crippen molar-refractivity contribution in [2.75, 3.05) is 5.32 Å². The highest BCUT2D eigenvalue weighted by atomic mass is 35.5. The van der Waals surface area contributed by atoms with Gasteiger partial charge in [0, 0.05) is 7.05 Å². The number of aryl methyl sites for hydroxylation is 1. The van der Waals surface area contributed by atoms with Crippen LogP contribution in [-0.2, 0) is 7.05 Å². The number of hydrogen-bond donors (Lipinski definition) is 1. The maximum Gasteiger partial charge on any atom is 0.275 e. The SMILES string of the molecule is Cn1ncc(Cl)c1C(=O)Nc1ccccc1F. The van der Waals surface area contributed by atoms with Crippen molar-refractivity contribution in [1.82, 2.24) is 9.78 Å². The minimum atomic E-state index is -0.501. The Labute approximate surface area is 102 Å². The maximum atomic E-state index is 13.3. The van der Waals surface area contributed by atoms with Crippen molar-refractivity contribution in [2.45, 2.75) is 0 Å². The van der Waals surface area contributed by atoms with Crippen molar-refractivity contribution < 1.29 is 9.18 Å². The molecule has 0 atom stereocenters. The molecule has 88 valence electrons. The summed E-state index contributed by atoms with van der Waals surface area (Å²) in [5.41, 5.74) is 0.296. The molecule has 0 spiro atoms. The highest BCUT2D eigenvalue weighted by Crippen LogP contribution is 2.18. The summed E-state index contributed by atoms with van der Waals surface area (Å²) in [6.07, 6.45) is 1.36. The van der Waals surface area contributed by atoms with Crippen LogP contribution in [0.3, 0.4) is 0 Å². The molecule has 1 aromatic carbocycles. The van der Waals surface area contributed by atoms with Crippen LogP contribution in [0, 0.1) is 5.82 Å². The normalized spacial score (nSPS) is 10.3. The third kappa shape index (κ3) is 2.29. The summed E-state index contributed by atoms with van der Waals surface area (Å²) in [5.74, 6) is -1.00. The van der Waals surface area contributed by atoms with Gasteiger partial charge in [0.2, 0.25) is 0 Å². The van der Waals surface area contributed by atoms with Crippen LogP contribution in [0.4, 0.5) is 10.1 Å². The summed E-state index contributed by atoms with van der Waals surface area (Å²) in [4.78, 5) is 11.8. The molecule has 1 N–H and O–H groups in total. The standard InChI is InChI=1S/C11H9ClFN3O/c1-16-10(7(12)6-14-16)11(17)15-9-5-3-2-4-8(9)13/h2-6H,1H3,(H,15,17). The molecule has 0 aliphatic heterocycles. The number of anilines is 1. The second-order valence-corrected chi connectivity index (χ2v) is 3.81. The zero-order valence-electron chi connectivity index (χ0n) is 8.95. The van der Waals surface area contributed by atoms with Gasteiger partial charge in [-0.2, -0.15) is 5.10 Å². The van der Waals surface area contributed by atoms with E-state index < -0.39 is 11.7 Å². The highest BCUT2D eigenvalue weighted by molar-refractivity contribution is 6.34. The van der Waals surface area contributed by atoms with Crippen molar-refractivity contribution in [3.63, 3.8) is 0 Å². The Morgan fingerprint density at radius 3 is 2.76 bits per heavy atom. The molecule has 0 bridgehead atoms. The zero-order chi connectivity index (χ0) is 12.4. The molecular weight excluding hydrogens is 245 g/mol. The molecule has 2 aromatic rings. The first-order chi connectivity index (χ1) is 8.09. The van der Waals surface area contributed by atoms with Crippen LogP contribution in [-0.4, -0.2) is 15.7 Å². The summed E-state index contributed by atoms with van der Waals surface area (Å²) >= 11 is 5.81. The van der Waals surface area contributed by atoms with Crippen molar-refractivity contribution in [3.05, 3.63) is 47.0 Å². The molecule has 1 heterocycles. The average Bonchev–Trinajstić information content (AvgIpc) is 2.62. The van der Waals surface area contributed by atoms with E-state index >= 15 is 0 Å². The van der Waals surface area contributed by atoms with Crippen LogP contribution in [0.25, 0.3) is 0 Å². The fourth-order valence-corrected chi connectivity index (χ4v) is 1.66. The second-order valence-electron chi connectivity index (χ2n) is 3.40. The van der Waals surface area contributed by atoms with E-state index in [2.05, 4.69) is 10.4 Å². The number of carbonyl (C=O) groups excluding carboxylic acids is 1. The monoisotopic (exact) mass is 253 g/mol. The number of aromatic nitrogens is 2. The van der Waals surface area contributed by atoms with Crippen molar-refractivity contribution in [3.8, 4) is 0 Å². The van der Waals surface area contributed by atoms with Gasteiger partial charge in [-0.1, -0.05) is 23.7 Å². The predicted molar refractivity (Wildman–Crippen MR) is 62.6 cm³/mol. The van der Waals surface area contributed by atoms with Gasteiger partial charge in [0.1, 0.15) is 11.5 Å². The Bertz CT molecular complexity index is 548.